The number of nitrogens with zero attached hydrogens (tertiary/aromatic N) is 5. The Balaban J connectivity index is 1.45. The Morgan fingerprint density at radius 3 is 2.72 bits per heavy atom. The van der Waals surface area contributed by atoms with Gasteiger partial charge in [0.25, 0.3) is 5.91 Å². The first-order valence-corrected chi connectivity index (χ1v) is 7.96. The molecule has 1 aliphatic rings. The fraction of sp³-hybridized carbons (Fsp3) is 0.312. The minimum Gasteiger partial charge on any atom is -0.395 e. The smallest absolute Gasteiger partial charge is 0.395 e. The summed E-state index contributed by atoms with van der Waals surface area (Å²) in [6, 6.07) is 8.29. The Morgan fingerprint density at radius 1 is 1.20 bits per heavy atom. The van der Waals surface area contributed by atoms with Gasteiger partial charge < -0.3 is 9.32 Å². The summed E-state index contributed by atoms with van der Waals surface area (Å²) in [4.78, 5) is 24.1. The summed E-state index contributed by atoms with van der Waals surface area (Å²) in [6.45, 7) is 1.08. The molecule has 0 bridgehead atoms. The van der Waals surface area contributed by atoms with Crippen LogP contribution in [0.1, 0.15) is 35.1 Å². The Kier molecular flexibility index (Phi) is 3.68. The average molecular weight is 341 g/mol. The van der Waals surface area contributed by atoms with Crippen molar-refractivity contribution in [3.05, 3.63) is 58.2 Å². The number of furan rings is 1. The highest BCUT2D eigenvalue weighted by Crippen LogP contribution is 2.28. The number of piperidine rings is 1. The van der Waals surface area contributed by atoms with Gasteiger partial charge in [-0.2, -0.15) is 0 Å². The van der Waals surface area contributed by atoms with Crippen molar-refractivity contribution >= 4 is 17.4 Å². The first kappa shape index (κ1) is 15.3. The molecule has 0 radical (unpaired) electrons. The van der Waals surface area contributed by atoms with Crippen molar-refractivity contribution in [2.24, 2.45) is 0 Å². The number of likely N-dealkylation sites (tertiary alicyclic amines) is 1. The predicted molar refractivity (Wildman–Crippen MR) is 86.2 cm³/mol. The number of carbonyl (C=O) groups is 1. The van der Waals surface area contributed by atoms with Gasteiger partial charge in [-0.15, -0.1) is 10.2 Å². The van der Waals surface area contributed by atoms with E-state index in [1.54, 1.807) is 4.90 Å². The number of fused-ring (bicyclic) bond motifs is 1. The van der Waals surface area contributed by atoms with Crippen LogP contribution in [0.15, 0.2) is 40.9 Å². The Morgan fingerprint density at radius 2 is 2.00 bits per heavy atom. The van der Waals surface area contributed by atoms with Crippen LogP contribution in [0.2, 0.25) is 0 Å². The minimum atomic E-state index is -0.653. The molecular formula is C16H15N5O4. The first-order valence-electron chi connectivity index (χ1n) is 7.96. The summed E-state index contributed by atoms with van der Waals surface area (Å²) in [7, 11) is 0. The lowest BCUT2D eigenvalue weighted by atomic mass is 9.96. The third-order valence-corrected chi connectivity index (χ3v) is 4.47. The van der Waals surface area contributed by atoms with Crippen LogP contribution in [-0.4, -0.2) is 43.4 Å². The molecule has 9 nitrogen and oxygen atoms in total. The average Bonchev–Trinajstić information content (AvgIpc) is 3.29. The van der Waals surface area contributed by atoms with E-state index in [0.29, 0.717) is 13.1 Å². The molecule has 0 spiro atoms. The number of rotatable bonds is 3. The molecular weight excluding hydrogens is 326 g/mol. The molecule has 3 aromatic heterocycles. The second-order valence-corrected chi connectivity index (χ2v) is 5.95. The van der Waals surface area contributed by atoms with Crippen LogP contribution in [0.3, 0.4) is 0 Å². The van der Waals surface area contributed by atoms with Crippen LogP contribution in [-0.2, 0) is 0 Å². The van der Waals surface area contributed by atoms with Crippen LogP contribution in [0.5, 0.6) is 0 Å². The molecule has 25 heavy (non-hydrogen) atoms. The third kappa shape index (κ3) is 2.73. The van der Waals surface area contributed by atoms with Gasteiger partial charge in [-0.05, 0) is 31.0 Å². The van der Waals surface area contributed by atoms with Crippen molar-refractivity contribution < 1.29 is 14.1 Å². The molecule has 0 saturated carbocycles. The summed E-state index contributed by atoms with van der Waals surface area (Å²) in [5.74, 6) is 0.368. The zero-order chi connectivity index (χ0) is 17.4. The summed E-state index contributed by atoms with van der Waals surface area (Å²) in [6.07, 6.45) is 3.44. The molecule has 4 rings (SSSR count). The monoisotopic (exact) mass is 341 g/mol. The van der Waals surface area contributed by atoms with Gasteiger partial charge in [-0.25, -0.2) is 0 Å². The molecule has 1 saturated heterocycles. The topological polar surface area (TPSA) is 107 Å². The molecule has 128 valence electrons. The quantitative estimate of drug-likeness (QED) is 0.534. The summed E-state index contributed by atoms with van der Waals surface area (Å²) in [5.41, 5.74) is 0.805. The van der Waals surface area contributed by atoms with Crippen LogP contribution in [0.25, 0.3) is 5.65 Å². The number of nitro groups is 1. The number of hydrogen-bond acceptors (Lipinski definition) is 6. The number of hydrogen-bond donors (Lipinski definition) is 0. The summed E-state index contributed by atoms with van der Waals surface area (Å²) in [5, 5.41) is 19.1. The van der Waals surface area contributed by atoms with Gasteiger partial charge in [-0.3, -0.25) is 19.3 Å². The van der Waals surface area contributed by atoms with Crippen molar-refractivity contribution in [3.8, 4) is 0 Å². The Hall–Kier alpha value is -3.23. The highest BCUT2D eigenvalue weighted by Gasteiger charge is 2.29. The predicted octanol–water partition coefficient (Wildman–Crippen LogP) is 2.25. The standard InChI is InChI=1S/C16H15N5O4/c22-16(12-4-5-14(25-12)21(23)24)19-9-6-11(7-10-19)15-18-17-13-3-1-2-8-20(13)15/h1-5,8,11H,6-7,9-10H2. The molecule has 0 unspecified atom stereocenters. The number of amides is 1. The van der Waals surface area contributed by atoms with Gasteiger partial charge in [0.2, 0.25) is 0 Å². The van der Waals surface area contributed by atoms with Crippen LogP contribution in [0.4, 0.5) is 5.88 Å². The number of aromatic nitrogens is 3. The zero-order valence-electron chi connectivity index (χ0n) is 13.2. The molecule has 0 aromatic carbocycles. The molecule has 1 fully saturated rings. The van der Waals surface area contributed by atoms with E-state index in [0.717, 1.165) is 24.3 Å². The van der Waals surface area contributed by atoms with E-state index >= 15 is 0 Å². The SMILES string of the molecule is O=C(c1ccc([N+](=O)[O-])o1)N1CCC(c2nnc3ccccn23)CC1. The van der Waals surface area contributed by atoms with E-state index in [9.17, 15) is 14.9 Å². The van der Waals surface area contributed by atoms with Crippen molar-refractivity contribution in [1.29, 1.82) is 0 Å². The molecule has 0 aliphatic carbocycles. The van der Waals surface area contributed by atoms with E-state index in [2.05, 4.69) is 10.2 Å². The molecule has 1 amide bonds. The van der Waals surface area contributed by atoms with Crippen molar-refractivity contribution in [2.45, 2.75) is 18.8 Å². The van der Waals surface area contributed by atoms with Crippen LogP contribution >= 0.6 is 0 Å². The maximum Gasteiger partial charge on any atom is 0.433 e. The largest absolute Gasteiger partial charge is 0.433 e. The van der Waals surface area contributed by atoms with Gasteiger partial charge in [0, 0.05) is 25.2 Å². The second-order valence-electron chi connectivity index (χ2n) is 5.95. The third-order valence-electron chi connectivity index (χ3n) is 4.47. The maximum absolute atomic E-state index is 12.4. The highest BCUT2D eigenvalue weighted by atomic mass is 16.6. The van der Waals surface area contributed by atoms with Crippen molar-refractivity contribution in [3.63, 3.8) is 0 Å². The van der Waals surface area contributed by atoms with Crippen molar-refractivity contribution in [2.75, 3.05) is 13.1 Å². The van der Waals surface area contributed by atoms with Crippen LogP contribution in [0, 0.1) is 10.1 Å². The fourth-order valence-corrected chi connectivity index (χ4v) is 3.18. The molecule has 0 N–H and O–H groups in total. The normalized spacial score (nSPS) is 15.6. The van der Waals surface area contributed by atoms with E-state index in [-0.39, 0.29) is 17.6 Å². The van der Waals surface area contributed by atoms with E-state index in [4.69, 9.17) is 4.42 Å². The zero-order valence-corrected chi connectivity index (χ0v) is 13.2. The van der Waals surface area contributed by atoms with Gasteiger partial charge in [0.15, 0.2) is 11.4 Å². The van der Waals surface area contributed by atoms with E-state index in [1.165, 1.54) is 12.1 Å². The second kappa shape index (κ2) is 6.00. The van der Waals surface area contributed by atoms with Crippen molar-refractivity contribution in [1.82, 2.24) is 19.5 Å². The lowest BCUT2D eigenvalue weighted by Crippen LogP contribution is -2.38. The summed E-state index contributed by atoms with van der Waals surface area (Å²) < 4.78 is 6.97. The molecule has 0 atom stereocenters. The molecule has 4 heterocycles. The van der Waals surface area contributed by atoms with E-state index in [1.807, 2.05) is 28.8 Å². The lowest BCUT2D eigenvalue weighted by Gasteiger charge is -2.30. The van der Waals surface area contributed by atoms with Gasteiger partial charge >= 0.3 is 5.88 Å². The van der Waals surface area contributed by atoms with Gasteiger partial charge in [-0.1, -0.05) is 6.07 Å². The first-order chi connectivity index (χ1) is 12.1. The van der Waals surface area contributed by atoms with Crippen LogP contribution < -0.4 is 0 Å². The number of pyridine rings is 1. The van der Waals surface area contributed by atoms with E-state index < -0.39 is 10.8 Å². The molecule has 3 aromatic rings. The number of carbonyl (C=O) groups excluding carboxylic acids is 1. The summed E-state index contributed by atoms with van der Waals surface area (Å²) >= 11 is 0. The fourth-order valence-electron chi connectivity index (χ4n) is 3.18. The Labute approximate surface area is 142 Å². The van der Waals surface area contributed by atoms with Gasteiger partial charge in [0.1, 0.15) is 10.7 Å². The lowest BCUT2D eigenvalue weighted by molar-refractivity contribution is -0.402. The Bertz CT molecular complexity index is 939. The maximum atomic E-state index is 12.4. The minimum absolute atomic E-state index is 0.00178. The molecule has 1 aliphatic heterocycles. The van der Waals surface area contributed by atoms with Gasteiger partial charge in [0.05, 0.1) is 6.07 Å². The molecule has 9 heteroatoms. The highest BCUT2D eigenvalue weighted by molar-refractivity contribution is 5.91.